The van der Waals surface area contributed by atoms with Gasteiger partial charge in [-0.2, -0.15) is 0 Å². The molecule has 0 unspecified atom stereocenters. The smallest absolute Gasteiger partial charge is 0.408 e. The number of aliphatic hydroxyl groups is 1. The Balaban J connectivity index is 3.56. The van der Waals surface area contributed by atoms with Crippen LogP contribution in [0.15, 0.2) is 30.3 Å². The fourth-order valence-corrected chi connectivity index (χ4v) is 4.94. The number of hydrogen-bond donors (Lipinski definition) is 2. The molecule has 0 saturated carbocycles. The van der Waals surface area contributed by atoms with Gasteiger partial charge < -0.3 is 19.6 Å². The molecule has 0 saturated heterocycles. The zero-order valence-electron chi connectivity index (χ0n) is 17.6. The van der Waals surface area contributed by atoms with Crippen LogP contribution in [0.2, 0.25) is 13.1 Å². The summed E-state index contributed by atoms with van der Waals surface area (Å²) in [5.41, 5.74) is -1.74. The average Bonchev–Trinajstić information content (AvgIpc) is 2.48. The molecule has 0 fully saturated rings. The van der Waals surface area contributed by atoms with Crippen LogP contribution in [0.25, 0.3) is 0 Å². The molecule has 0 aliphatic heterocycles. The highest BCUT2D eigenvalue weighted by Crippen LogP contribution is 2.45. The van der Waals surface area contributed by atoms with Crippen molar-refractivity contribution in [2.45, 2.75) is 71.9 Å². The predicted molar refractivity (Wildman–Crippen MR) is 116 cm³/mol. The third kappa shape index (κ3) is 6.02. The molecule has 0 spiro atoms. The number of carbonyl (C=O) groups is 1. The van der Waals surface area contributed by atoms with Gasteiger partial charge in [-0.1, -0.05) is 51.1 Å². The molecule has 1 aromatic carbocycles. The fraction of sp³-hybridized carbons (Fsp3) is 0.600. The molecule has 0 radical (unpaired) electrons. The lowest BCUT2D eigenvalue weighted by atomic mass is 9.70. The standard InChI is InChI=1S/C20H33NO4SSi/c1-18(2,3)20(16(22)26,25-27(7)8)15(14-12-10-9-11-13-14)21-17(23)24-19(4,5)6/h9-13,15,27H,1-8H3,(H,21,23)(H,22,26)/t15-,20+/m0/s1. The molecule has 7 heteroatoms. The fourth-order valence-electron chi connectivity index (χ4n) is 3.03. The van der Waals surface area contributed by atoms with Crippen LogP contribution in [0.4, 0.5) is 4.79 Å². The number of hydrogen-bond acceptors (Lipinski definition) is 4. The zero-order valence-corrected chi connectivity index (χ0v) is 19.6. The number of benzene rings is 1. The Morgan fingerprint density at radius 3 is 2.00 bits per heavy atom. The van der Waals surface area contributed by atoms with Crippen LogP contribution in [0.1, 0.15) is 53.1 Å². The van der Waals surface area contributed by atoms with E-state index >= 15 is 0 Å². The first-order valence-corrected chi connectivity index (χ1v) is 12.4. The summed E-state index contributed by atoms with van der Waals surface area (Å²) in [5, 5.41) is 13.3. The Kier molecular flexibility index (Phi) is 7.61. The van der Waals surface area contributed by atoms with Gasteiger partial charge in [0.15, 0.2) is 19.7 Å². The summed E-state index contributed by atoms with van der Waals surface area (Å²) in [6.07, 6.45) is -0.588. The third-order valence-electron chi connectivity index (χ3n) is 4.05. The van der Waals surface area contributed by atoms with Crippen molar-refractivity contribution in [2.24, 2.45) is 5.41 Å². The van der Waals surface area contributed by atoms with E-state index in [1.807, 2.05) is 64.2 Å². The summed E-state index contributed by atoms with van der Waals surface area (Å²) in [6.45, 7) is 15.2. The molecule has 5 nitrogen and oxygen atoms in total. The van der Waals surface area contributed by atoms with Crippen molar-refractivity contribution in [3.63, 3.8) is 0 Å². The van der Waals surface area contributed by atoms with Gasteiger partial charge in [-0.25, -0.2) is 4.79 Å². The Labute approximate surface area is 170 Å². The molecule has 0 aromatic heterocycles. The van der Waals surface area contributed by atoms with Gasteiger partial charge in [-0.15, -0.1) is 0 Å². The van der Waals surface area contributed by atoms with Gasteiger partial charge in [0.05, 0.1) is 6.04 Å². The Bertz CT molecular complexity index is 652. The number of thiocarbonyl (C=S) groups is 1. The number of amides is 1. The lowest BCUT2D eigenvalue weighted by molar-refractivity contribution is -0.0219. The summed E-state index contributed by atoms with van der Waals surface area (Å²) < 4.78 is 11.9. The van der Waals surface area contributed by atoms with Gasteiger partial charge in [0.2, 0.25) is 0 Å². The van der Waals surface area contributed by atoms with Crippen molar-refractivity contribution >= 4 is 32.4 Å². The van der Waals surface area contributed by atoms with Gasteiger partial charge in [0, 0.05) is 5.41 Å². The van der Waals surface area contributed by atoms with Crippen molar-refractivity contribution in [3.8, 4) is 0 Å². The molecular weight excluding hydrogens is 378 g/mol. The maximum absolute atomic E-state index is 12.6. The summed E-state index contributed by atoms with van der Waals surface area (Å²) in [6, 6.07) is 8.70. The minimum atomic E-state index is -1.66. The molecule has 152 valence electrons. The molecule has 0 aliphatic rings. The molecule has 2 N–H and O–H groups in total. The lowest BCUT2D eigenvalue weighted by Gasteiger charge is -2.49. The second-order valence-electron chi connectivity index (χ2n) is 8.95. The molecule has 1 aromatic rings. The van der Waals surface area contributed by atoms with Gasteiger partial charge in [0.1, 0.15) is 5.60 Å². The monoisotopic (exact) mass is 411 g/mol. The average molecular weight is 412 g/mol. The third-order valence-corrected chi connectivity index (χ3v) is 5.20. The highest BCUT2D eigenvalue weighted by Gasteiger charge is 2.55. The summed E-state index contributed by atoms with van der Waals surface area (Å²) in [4.78, 5) is 12.6. The number of alkyl carbamates (subject to hydrolysis) is 1. The van der Waals surface area contributed by atoms with E-state index in [1.54, 1.807) is 20.8 Å². The zero-order chi connectivity index (χ0) is 21.0. The minimum Gasteiger partial charge on any atom is -0.500 e. The highest BCUT2D eigenvalue weighted by atomic mass is 32.1. The highest BCUT2D eigenvalue weighted by molar-refractivity contribution is 7.80. The molecular formula is C20H33NO4SSi. The topological polar surface area (TPSA) is 67.8 Å². The van der Waals surface area contributed by atoms with Crippen LogP contribution in [0, 0.1) is 5.41 Å². The first-order chi connectivity index (χ1) is 12.2. The van der Waals surface area contributed by atoms with Gasteiger partial charge >= 0.3 is 6.09 Å². The van der Waals surface area contributed by atoms with Gasteiger partial charge in [-0.05, 0) is 51.6 Å². The van der Waals surface area contributed by atoms with E-state index in [4.69, 9.17) is 21.4 Å². The largest absolute Gasteiger partial charge is 0.500 e. The maximum atomic E-state index is 12.6. The summed E-state index contributed by atoms with van der Waals surface area (Å²) in [5.74, 6) is 0. The van der Waals surface area contributed by atoms with E-state index in [0.717, 1.165) is 5.56 Å². The van der Waals surface area contributed by atoms with E-state index in [0.29, 0.717) is 0 Å². The molecule has 0 heterocycles. The van der Waals surface area contributed by atoms with Crippen molar-refractivity contribution in [2.75, 3.05) is 0 Å². The Hall–Kier alpha value is -1.44. The van der Waals surface area contributed by atoms with Crippen LogP contribution in [0.5, 0.6) is 0 Å². The number of nitrogens with one attached hydrogen (secondary N) is 1. The SMILES string of the molecule is C[SiH](C)O[C@@](C(O)=S)([C@@H](NC(=O)OC(C)(C)C)c1ccccc1)C(C)(C)C. The van der Waals surface area contributed by atoms with Crippen LogP contribution in [0.3, 0.4) is 0 Å². The predicted octanol–water partition coefficient (Wildman–Crippen LogP) is 4.92. The van der Waals surface area contributed by atoms with Crippen LogP contribution < -0.4 is 5.32 Å². The molecule has 0 aliphatic carbocycles. The van der Waals surface area contributed by atoms with Crippen molar-refractivity contribution in [1.29, 1.82) is 0 Å². The molecule has 27 heavy (non-hydrogen) atoms. The second kappa shape index (κ2) is 8.71. The van der Waals surface area contributed by atoms with E-state index in [-0.39, 0.29) is 5.05 Å². The number of ether oxygens (including phenoxy) is 1. The summed E-state index contributed by atoms with van der Waals surface area (Å²) >= 11 is 5.30. The first-order valence-electron chi connectivity index (χ1n) is 9.16. The molecule has 2 atom stereocenters. The Morgan fingerprint density at radius 2 is 1.63 bits per heavy atom. The lowest BCUT2D eigenvalue weighted by Crippen LogP contribution is -2.62. The molecule has 0 bridgehead atoms. The summed E-state index contributed by atoms with van der Waals surface area (Å²) in [7, 11) is -1.66. The minimum absolute atomic E-state index is 0.277. The molecule has 1 amide bonds. The van der Waals surface area contributed by atoms with E-state index in [1.165, 1.54) is 0 Å². The number of rotatable bonds is 6. The van der Waals surface area contributed by atoms with Crippen LogP contribution in [-0.2, 0) is 9.16 Å². The first kappa shape index (κ1) is 23.6. The van der Waals surface area contributed by atoms with Crippen molar-refractivity contribution < 1.29 is 19.1 Å². The van der Waals surface area contributed by atoms with E-state index in [9.17, 15) is 9.90 Å². The number of carbonyl (C=O) groups excluding carboxylic acids is 1. The molecule has 1 rings (SSSR count). The maximum Gasteiger partial charge on any atom is 0.408 e. The number of aliphatic hydroxyl groups excluding tert-OH is 1. The van der Waals surface area contributed by atoms with Crippen LogP contribution >= 0.6 is 12.2 Å². The second-order valence-corrected chi connectivity index (χ2v) is 11.7. The van der Waals surface area contributed by atoms with Crippen LogP contribution in [-0.4, -0.2) is 36.5 Å². The van der Waals surface area contributed by atoms with E-state index < -0.39 is 37.8 Å². The normalized spacial score (nSPS) is 15.7. The van der Waals surface area contributed by atoms with Gasteiger partial charge in [0.25, 0.3) is 0 Å². The quantitative estimate of drug-likeness (QED) is 0.513. The van der Waals surface area contributed by atoms with Crippen molar-refractivity contribution in [3.05, 3.63) is 35.9 Å². The Morgan fingerprint density at radius 1 is 1.11 bits per heavy atom. The van der Waals surface area contributed by atoms with Gasteiger partial charge in [-0.3, -0.25) is 0 Å². The van der Waals surface area contributed by atoms with E-state index in [2.05, 4.69) is 5.32 Å². The van der Waals surface area contributed by atoms with Crippen molar-refractivity contribution in [1.82, 2.24) is 5.32 Å².